The van der Waals surface area contributed by atoms with E-state index in [2.05, 4.69) is 0 Å². The molecule has 1 N–H and O–H groups in total. The molecule has 1 aromatic rings. The van der Waals surface area contributed by atoms with E-state index in [0.717, 1.165) is 18.2 Å². The zero-order chi connectivity index (χ0) is 11.8. The molecule has 2 unspecified atom stereocenters. The Morgan fingerprint density at radius 1 is 1.44 bits per heavy atom. The van der Waals surface area contributed by atoms with E-state index in [1.165, 1.54) is 12.1 Å². The van der Waals surface area contributed by atoms with Gasteiger partial charge in [-0.1, -0.05) is 19.1 Å². The van der Waals surface area contributed by atoms with Crippen LogP contribution in [0.15, 0.2) is 18.2 Å². The van der Waals surface area contributed by atoms with Crippen LogP contribution >= 0.6 is 11.8 Å². The topological polar surface area (TPSA) is 20.2 Å². The van der Waals surface area contributed by atoms with Crippen LogP contribution in [-0.2, 0) is 5.60 Å². The second-order valence-electron chi connectivity index (χ2n) is 4.14. The van der Waals surface area contributed by atoms with Crippen molar-refractivity contribution in [2.75, 3.05) is 5.75 Å². The maximum Gasteiger partial charge on any atom is 0.164 e. The molecule has 0 spiro atoms. The van der Waals surface area contributed by atoms with Crippen LogP contribution in [-0.4, -0.2) is 16.1 Å². The van der Waals surface area contributed by atoms with Gasteiger partial charge in [-0.15, -0.1) is 0 Å². The molecule has 1 heterocycles. The summed E-state index contributed by atoms with van der Waals surface area (Å²) in [5.41, 5.74) is -1.15. The van der Waals surface area contributed by atoms with Gasteiger partial charge in [0.05, 0.1) is 0 Å². The third-order valence-corrected chi connectivity index (χ3v) is 4.57. The highest BCUT2D eigenvalue weighted by atomic mass is 32.2. The lowest BCUT2D eigenvalue weighted by molar-refractivity contribution is 0.0213. The summed E-state index contributed by atoms with van der Waals surface area (Å²) in [6.07, 6.45) is 1.31. The number of hydrogen-bond donors (Lipinski definition) is 1. The number of halogens is 2. The average molecular weight is 244 g/mol. The Labute approximate surface area is 97.9 Å². The summed E-state index contributed by atoms with van der Waals surface area (Å²) in [6, 6.07) is 3.99. The predicted octanol–water partition coefficient (Wildman–Crippen LogP) is 3.07. The van der Waals surface area contributed by atoms with Gasteiger partial charge in [0.15, 0.2) is 11.6 Å². The summed E-state index contributed by atoms with van der Waals surface area (Å²) in [6.45, 7) is 1.86. The van der Waals surface area contributed by atoms with Crippen molar-refractivity contribution in [1.29, 1.82) is 0 Å². The maximum absolute atomic E-state index is 13.7. The molecule has 1 fully saturated rings. The standard InChI is InChI=1S/C12H14F2OS/c1-8-12(15,6-3-7-16-8)9-4-2-5-10(13)11(9)14/h2,4-5,8,15H,3,6-7H2,1H3. The fourth-order valence-electron chi connectivity index (χ4n) is 2.13. The van der Waals surface area contributed by atoms with E-state index in [0.29, 0.717) is 6.42 Å². The Balaban J connectivity index is 2.45. The van der Waals surface area contributed by atoms with Gasteiger partial charge in [0.1, 0.15) is 5.60 Å². The van der Waals surface area contributed by atoms with Gasteiger partial charge in [-0.3, -0.25) is 0 Å². The highest BCUT2D eigenvalue weighted by Crippen LogP contribution is 2.42. The fraction of sp³-hybridized carbons (Fsp3) is 0.500. The molecule has 1 saturated heterocycles. The summed E-state index contributed by atoms with van der Waals surface area (Å²) in [7, 11) is 0. The smallest absolute Gasteiger partial charge is 0.164 e. The van der Waals surface area contributed by atoms with Gasteiger partial charge in [0.2, 0.25) is 0 Å². The molecule has 1 aliphatic heterocycles. The summed E-state index contributed by atoms with van der Waals surface area (Å²) in [5, 5.41) is 10.4. The van der Waals surface area contributed by atoms with Gasteiger partial charge >= 0.3 is 0 Å². The fourth-order valence-corrected chi connectivity index (χ4v) is 3.32. The van der Waals surface area contributed by atoms with Crippen LogP contribution in [0.25, 0.3) is 0 Å². The Morgan fingerprint density at radius 2 is 2.19 bits per heavy atom. The van der Waals surface area contributed by atoms with Crippen molar-refractivity contribution in [3.8, 4) is 0 Å². The van der Waals surface area contributed by atoms with Crippen LogP contribution in [0, 0.1) is 11.6 Å². The van der Waals surface area contributed by atoms with E-state index in [9.17, 15) is 13.9 Å². The third-order valence-electron chi connectivity index (χ3n) is 3.16. The quantitative estimate of drug-likeness (QED) is 0.819. The Kier molecular flexibility index (Phi) is 3.22. The SMILES string of the molecule is CC1SCCCC1(O)c1cccc(F)c1F. The monoisotopic (exact) mass is 244 g/mol. The molecule has 4 heteroatoms. The van der Waals surface area contributed by atoms with Crippen molar-refractivity contribution in [1.82, 2.24) is 0 Å². The number of aliphatic hydroxyl groups is 1. The van der Waals surface area contributed by atoms with Crippen molar-refractivity contribution < 1.29 is 13.9 Å². The van der Waals surface area contributed by atoms with Gasteiger partial charge in [-0.2, -0.15) is 11.8 Å². The molecule has 1 nitrogen and oxygen atoms in total. The molecule has 2 atom stereocenters. The maximum atomic E-state index is 13.7. The van der Waals surface area contributed by atoms with Crippen LogP contribution in [0.4, 0.5) is 8.78 Å². The highest BCUT2D eigenvalue weighted by Gasteiger charge is 2.40. The van der Waals surface area contributed by atoms with E-state index in [1.54, 1.807) is 11.8 Å². The van der Waals surface area contributed by atoms with Crippen molar-refractivity contribution in [2.45, 2.75) is 30.6 Å². The Bertz CT molecular complexity index is 397. The molecule has 2 rings (SSSR count). The van der Waals surface area contributed by atoms with Crippen LogP contribution in [0.1, 0.15) is 25.3 Å². The molecule has 0 aromatic heterocycles. The molecule has 0 radical (unpaired) electrons. The zero-order valence-corrected chi connectivity index (χ0v) is 9.86. The second-order valence-corrected chi connectivity index (χ2v) is 5.59. The third kappa shape index (κ3) is 1.84. The molecule has 0 amide bonds. The summed E-state index contributed by atoms with van der Waals surface area (Å²) < 4.78 is 26.8. The van der Waals surface area contributed by atoms with Gasteiger partial charge in [-0.05, 0) is 24.7 Å². The van der Waals surface area contributed by atoms with E-state index < -0.39 is 17.2 Å². The average Bonchev–Trinajstić information content (AvgIpc) is 2.26. The first-order chi connectivity index (χ1) is 7.55. The minimum Gasteiger partial charge on any atom is -0.384 e. The van der Waals surface area contributed by atoms with Gasteiger partial charge in [0.25, 0.3) is 0 Å². The van der Waals surface area contributed by atoms with Crippen LogP contribution in [0.5, 0.6) is 0 Å². The second kappa shape index (κ2) is 4.34. The zero-order valence-electron chi connectivity index (χ0n) is 9.04. The lowest BCUT2D eigenvalue weighted by Gasteiger charge is -2.38. The van der Waals surface area contributed by atoms with E-state index in [4.69, 9.17) is 0 Å². The van der Waals surface area contributed by atoms with E-state index in [1.807, 2.05) is 6.92 Å². The Hall–Kier alpha value is -0.610. The van der Waals surface area contributed by atoms with Crippen molar-refractivity contribution in [2.24, 2.45) is 0 Å². The van der Waals surface area contributed by atoms with Crippen LogP contribution in [0.3, 0.4) is 0 Å². The van der Waals surface area contributed by atoms with Crippen LogP contribution < -0.4 is 0 Å². The molecular formula is C12H14F2OS. The van der Waals surface area contributed by atoms with Gasteiger partial charge in [0, 0.05) is 10.8 Å². The molecule has 0 aliphatic carbocycles. The first-order valence-electron chi connectivity index (χ1n) is 5.34. The largest absolute Gasteiger partial charge is 0.384 e. The highest BCUT2D eigenvalue weighted by molar-refractivity contribution is 8.00. The van der Waals surface area contributed by atoms with Gasteiger partial charge < -0.3 is 5.11 Å². The minimum absolute atomic E-state index is 0.0900. The molecule has 1 aromatic carbocycles. The summed E-state index contributed by atoms with van der Waals surface area (Å²) in [4.78, 5) is 0. The lowest BCUT2D eigenvalue weighted by Crippen LogP contribution is -2.39. The predicted molar refractivity (Wildman–Crippen MR) is 61.4 cm³/mol. The number of thioether (sulfide) groups is 1. The van der Waals surface area contributed by atoms with Crippen LogP contribution in [0.2, 0.25) is 0 Å². The van der Waals surface area contributed by atoms with Crippen molar-refractivity contribution >= 4 is 11.8 Å². The van der Waals surface area contributed by atoms with Crippen molar-refractivity contribution in [3.05, 3.63) is 35.4 Å². The van der Waals surface area contributed by atoms with Gasteiger partial charge in [-0.25, -0.2) is 8.78 Å². The molecule has 1 aliphatic rings. The first kappa shape index (κ1) is 11.9. The molecule has 88 valence electrons. The van der Waals surface area contributed by atoms with Crippen molar-refractivity contribution in [3.63, 3.8) is 0 Å². The molecule has 0 bridgehead atoms. The first-order valence-corrected chi connectivity index (χ1v) is 6.39. The molecule has 0 saturated carbocycles. The van der Waals surface area contributed by atoms with E-state index in [-0.39, 0.29) is 10.8 Å². The number of rotatable bonds is 1. The number of hydrogen-bond acceptors (Lipinski definition) is 2. The summed E-state index contributed by atoms with van der Waals surface area (Å²) >= 11 is 1.60. The minimum atomic E-state index is -1.24. The molecular weight excluding hydrogens is 230 g/mol. The normalized spacial score (nSPS) is 30.4. The lowest BCUT2D eigenvalue weighted by atomic mass is 9.85. The number of benzene rings is 1. The Morgan fingerprint density at radius 3 is 2.88 bits per heavy atom. The molecule has 16 heavy (non-hydrogen) atoms. The van der Waals surface area contributed by atoms with E-state index >= 15 is 0 Å². The summed E-state index contributed by atoms with van der Waals surface area (Å²) in [5.74, 6) is -0.853.